The number of carboxylic acids is 1. The van der Waals surface area contributed by atoms with E-state index in [0.29, 0.717) is 35.2 Å². The Labute approximate surface area is 220 Å². The number of aliphatic carboxylic acids is 1. The number of nitrogens with zero attached hydrogens (tertiary/aromatic N) is 3. The van der Waals surface area contributed by atoms with E-state index in [1.165, 1.54) is 0 Å². The topological polar surface area (TPSA) is 167 Å². The molecule has 1 unspecified atom stereocenters. The molecule has 5 N–H and O–H groups in total. The summed E-state index contributed by atoms with van der Waals surface area (Å²) >= 11 is 0. The van der Waals surface area contributed by atoms with Crippen LogP contribution in [0.25, 0.3) is 10.9 Å². The van der Waals surface area contributed by atoms with E-state index in [1.54, 1.807) is 55.1 Å². The number of aryl methyl sites for hydroxylation is 3. The Morgan fingerprint density at radius 3 is 2.58 bits per heavy atom. The molecule has 12 nitrogen and oxygen atoms in total. The van der Waals surface area contributed by atoms with Crippen molar-refractivity contribution in [3.63, 3.8) is 0 Å². The third-order valence-electron chi connectivity index (χ3n) is 6.19. The van der Waals surface area contributed by atoms with Crippen molar-refractivity contribution in [1.82, 2.24) is 30.5 Å². The Morgan fingerprint density at radius 1 is 1.16 bits per heavy atom. The highest BCUT2D eigenvalue weighted by molar-refractivity contribution is 7.89. The zero-order chi connectivity index (χ0) is 27.3. The number of nitrogens with one attached hydrogen (secondary N) is 4. The van der Waals surface area contributed by atoms with Gasteiger partial charge in [-0.1, -0.05) is 24.3 Å². The lowest BCUT2D eigenvalue weighted by molar-refractivity contribution is -0.138. The van der Waals surface area contributed by atoms with Crippen molar-refractivity contribution in [2.75, 3.05) is 26.2 Å². The third-order valence-corrected chi connectivity index (χ3v) is 7.96. The van der Waals surface area contributed by atoms with E-state index in [9.17, 15) is 23.1 Å². The molecular formula is C25H31N7O5S. The van der Waals surface area contributed by atoms with E-state index in [-0.39, 0.29) is 4.90 Å². The number of carbonyl (C=O) groups is 2. The van der Waals surface area contributed by atoms with Crippen molar-refractivity contribution in [3.8, 4) is 0 Å². The largest absolute Gasteiger partial charge is 0.480 e. The minimum Gasteiger partial charge on any atom is -0.480 e. The van der Waals surface area contributed by atoms with Crippen LogP contribution in [0, 0.1) is 13.8 Å². The first-order valence-corrected chi connectivity index (χ1v) is 13.7. The maximum absolute atomic E-state index is 13.0. The lowest BCUT2D eigenvalue weighted by atomic mass is 10.1. The highest BCUT2D eigenvalue weighted by Crippen LogP contribution is 2.21. The molecular weight excluding hydrogens is 510 g/mol. The van der Waals surface area contributed by atoms with Gasteiger partial charge in [-0.2, -0.15) is 9.82 Å². The van der Waals surface area contributed by atoms with Crippen LogP contribution in [0.1, 0.15) is 27.9 Å². The molecule has 1 aromatic heterocycles. The molecule has 2 aromatic carbocycles. The van der Waals surface area contributed by atoms with Gasteiger partial charge in [-0.05, 0) is 43.5 Å². The fraction of sp³-hybridized carbons (Fsp3) is 0.360. The molecule has 1 aliphatic rings. The van der Waals surface area contributed by atoms with Gasteiger partial charge in [0, 0.05) is 31.6 Å². The van der Waals surface area contributed by atoms with Gasteiger partial charge in [-0.25, -0.2) is 8.42 Å². The van der Waals surface area contributed by atoms with Crippen LogP contribution in [0.3, 0.4) is 0 Å². The van der Waals surface area contributed by atoms with Gasteiger partial charge >= 0.3 is 5.97 Å². The zero-order valence-electron chi connectivity index (χ0n) is 21.2. The van der Waals surface area contributed by atoms with Crippen molar-refractivity contribution in [2.24, 2.45) is 4.99 Å². The fourth-order valence-corrected chi connectivity index (χ4v) is 6.03. The highest BCUT2D eigenvalue weighted by atomic mass is 32.2. The van der Waals surface area contributed by atoms with Gasteiger partial charge in [0.2, 0.25) is 10.0 Å². The summed E-state index contributed by atoms with van der Waals surface area (Å²) in [6.07, 6.45) is 2.38. The Balaban J connectivity index is 1.41. The van der Waals surface area contributed by atoms with Crippen molar-refractivity contribution < 1.29 is 23.1 Å². The number of amides is 1. The van der Waals surface area contributed by atoms with Gasteiger partial charge in [0.25, 0.3) is 5.91 Å². The summed E-state index contributed by atoms with van der Waals surface area (Å²) in [6, 6.07) is 8.64. The maximum Gasteiger partial charge on any atom is 0.323 e. The number of aliphatic imine (C=N–C) groups is 1. The van der Waals surface area contributed by atoms with Crippen LogP contribution < -0.4 is 20.7 Å². The monoisotopic (exact) mass is 541 g/mol. The van der Waals surface area contributed by atoms with Crippen molar-refractivity contribution in [2.45, 2.75) is 37.8 Å². The van der Waals surface area contributed by atoms with E-state index in [0.717, 1.165) is 31.0 Å². The van der Waals surface area contributed by atoms with Crippen LogP contribution in [0.4, 0.5) is 0 Å². The molecule has 0 aliphatic carbocycles. The Morgan fingerprint density at radius 2 is 1.89 bits per heavy atom. The van der Waals surface area contributed by atoms with Crippen LogP contribution in [0.2, 0.25) is 0 Å². The summed E-state index contributed by atoms with van der Waals surface area (Å²) in [5.41, 5.74) is 2.07. The van der Waals surface area contributed by atoms with Gasteiger partial charge in [0.1, 0.15) is 6.04 Å². The average Bonchev–Trinajstić information content (AvgIpc) is 3.53. The first-order chi connectivity index (χ1) is 18.2. The van der Waals surface area contributed by atoms with Crippen LogP contribution in [-0.2, 0) is 21.4 Å². The Kier molecular flexibility index (Phi) is 8.27. The number of sulfonamides is 1. The number of carboxylic acid groups (broad SMARTS) is 1. The molecule has 13 heteroatoms. The predicted molar refractivity (Wildman–Crippen MR) is 143 cm³/mol. The SMILES string of the molecule is Cc1cccc(C)c1S(=O)(=O)NC(CNC(=O)c1cccc2c1cnn2CCCNC1=NCCN1)C(=O)O. The molecule has 1 atom stereocenters. The van der Waals surface area contributed by atoms with E-state index >= 15 is 0 Å². The van der Waals surface area contributed by atoms with Crippen LogP contribution in [0.5, 0.6) is 0 Å². The minimum atomic E-state index is -4.14. The van der Waals surface area contributed by atoms with E-state index in [2.05, 4.69) is 30.8 Å². The standard InChI is InChI=1S/C25H31N7O5S/c1-16-6-3-7-17(2)22(16)38(36,37)31-20(24(34)35)15-29-23(33)18-8-4-9-21-19(18)14-30-32(21)13-5-10-26-25-27-11-12-28-25/h3-4,6-9,14,20,31H,5,10-13,15H2,1-2H3,(H,29,33)(H,34,35)(H2,26,27,28). The summed E-state index contributed by atoms with van der Waals surface area (Å²) in [7, 11) is -4.14. The molecule has 4 rings (SSSR count). The van der Waals surface area contributed by atoms with E-state index in [4.69, 9.17) is 0 Å². The third kappa shape index (κ3) is 6.11. The molecule has 3 aromatic rings. The maximum atomic E-state index is 13.0. The summed E-state index contributed by atoms with van der Waals surface area (Å²) in [6.45, 7) is 5.77. The second-order valence-corrected chi connectivity index (χ2v) is 10.6. The van der Waals surface area contributed by atoms with Gasteiger partial charge < -0.3 is 21.1 Å². The number of hydrogen-bond acceptors (Lipinski definition) is 8. The number of rotatable bonds is 11. The van der Waals surface area contributed by atoms with Crippen LogP contribution in [-0.4, -0.2) is 73.4 Å². The van der Waals surface area contributed by atoms with E-state index in [1.807, 2.05) is 6.07 Å². The normalized spacial score (nSPS) is 14.1. The second-order valence-electron chi connectivity index (χ2n) is 8.99. The molecule has 0 spiro atoms. The first kappa shape index (κ1) is 27.1. The number of guanidine groups is 1. The fourth-order valence-electron chi connectivity index (χ4n) is 4.37. The van der Waals surface area contributed by atoms with Crippen LogP contribution >= 0.6 is 0 Å². The Bertz CT molecular complexity index is 1460. The van der Waals surface area contributed by atoms with Crippen molar-refractivity contribution in [1.29, 1.82) is 0 Å². The average molecular weight is 542 g/mol. The molecule has 0 saturated heterocycles. The number of hydrogen-bond donors (Lipinski definition) is 5. The molecule has 0 saturated carbocycles. The second kappa shape index (κ2) is 11.6. The quantitative estimate of drug-likeness (QED) is 0.222. The van der Waals surface area contributed by atoms with E-state index < -0.39 is 34.5 Å². The lowest BCUT2D eigenvalue weighted by Gasteiger charge is -2.18. The molecule has 202 valence electrons. The highest BCUT2D eigenvalue weighted by Gasteiger charge is 2.28. The summed E-state index contributed by atoms with van der Waals surface area (Å²) < 4.78 is 29.9. The van der Waals surface area contributed by atoms with Gasteiger partial charge in [-0.15, -0.1) is 0 Å². The molecule has 0 bridgehead atoms. The summed E-state index contributed by atoms with van der Waals surface area (Å²) in [5.74, 6) is -1.14. The molecule has 0 radical (unpaired) electrons. The number of carbonyl (C=O) groups excluding carboxylic acids is 1. The molecule has 2 heterocycles. The molecule has 0 fully saturated rings. The molecule has 1 aliphatic heterocycles. The van der Waals surface area contributed by atoms with Crippen molar-refractivity contribution in [3.05, 3.63) is 59.3 Å². The zero-order valence-corrected chi connectivity index (χ0v) is 22.0. The number of aromatic nitrogens is 2. The first-order valence-electron chi connectivity index (χ1n) is 12.2. The van der Waals surface area contributed by atoms with Gasteiger partial charge in [-0.3, -0.25) is 19.3 Å². The van der Waals surface area contributed by atoms with Crippen molar-refractivity contribution >= 4 is 38.8 Å². The summed E-state index contributed by atoms with van der Waals surface area (Å²) in [4.78, 5) is 29.2. The predicted octanol–water partition coefficient (Wildman–Crippen LogP) is 0.754. The van der Waals surface area contributed by atoms with Gasteiger partial charge in [0.15, 0.2) is 5.96 Å². The number of fused-ring (bicyclic) bond motifs is 1. The number of benzene rings is 2. The minimum absolute atomic E-state index is 0.0254. The Hall–Kier alpha value is -3.97. The lowest BCUT2D eigenvalue weighted by Crippen LogP contribution is -2.48. The molecule has 38 heavy (non-hydrogen) atoms. The smallest absolute Gasteiger partial charge is 0.323 e. The van der Waals surface area contributed by atoms with Gasteiger partial charge in [0.05, 0.1) is 28.7 Å². The molecule has 1 amide bonds. The summed E-state index contributed by atoms with van der Waals surface area (Å²) in [5, 5.41) is 23.6. The van der Waals surface area contributed by atoms with Crippen LogP contribution in [0.15, 0.2) is 52.5 Å².